The second kappa shape index (κ2) is 9.41. The maximum atomic E-state index is 12.4. The number of esters is 1. The van der Waals surface area contributed by atoms with Crippen molar-refractivity contribution in [2.24, 2.45) is 0 Å². The predicted molar refractivity (Wildman–Crippen MR) is 107 cm³/mol. The second-order valence-electron chi connectivity index (χ2n) is 5.91. The average Bonchev–Trinajstić information content (AvgIpc) is 3.19. The third kappa shape index (κ3) is 5.13. The number of para-hydroxylation sites is 1. The number of carbonyl (C=O) groups excluding carboxylic acids is 2. The number of hydrogen-bond acceptors (Lipinski definition) is 6. The van der Waals surface area contributed by atoms with E-state index in [0.717, 1.165) is 5.69 Å². The van der Waals surface area contributed by atoms with Crippen molar-refractivity contribution in [2.45, 2.75) is 6.92 Å². The molecule has 150 valence electrons. The van der Waals surface area contributed by atoms with Crippen LogP contribution in [0.2, 0.25) is 0 Å². The zero-order chi connectivity index (χ0) is 20.6. The normalized spacial score (nSPS) is 10.3. The SMILES string of the molecule is CCOc1ccc(NC(=O)COC(=O)c2nn(-c3ccccc3)cc2OC)cc1. The molecule has 0 saturated heterocycles. The quantitative estimate of drug-likeness (QED) is 0.590. The molecular weight excluding hydrogens is 374 g/mol. The molecule has 2 aromatic carbocycles. The molecule has 0 radical (unpaired) electrons. The van der Waals surface area contributed by atoms with Gasteiger partial charge in [0, 0.05) is 5.69 Å². The molecule has 3 rings (SSSR count). The maximum absolute atomic E-state index is 12.4. The van der Waals surface area contributed by atoms with Gasteiger partial charge in [0.05, 0.1) is 25.6 Å². The first-order valence-corrected chi connectivity index (χ1v) is 8.99. The molecule has 1 N–H and O–H groups in total. The lowest BCUT2D eigenvalue weighted by molar-refractivity contribution is -0.119. The van der Waals surface area contributed by atoms with Crippen molar-refractivity contribution in [1.82, 2.24) is 9.78 Å². The number of methoxy groups -OCH3 is 1. The molecule has 0 fully saturated rings. The van der Waals surface area contributed by atoms with E-state index in [0.29, 0.717) is 18.0 Å². The van der Waals surface area contributed by atoms with Gasteiger partial charge in [-0.15, -0.1) is 0 Å². The molecule has 0 spiro atoms. The van der Waals surface area contributed by atoms with Gasteiger partial charge in [-0.3, -0.25) is 4.79 Å². The molecule has 29 heavy (non-hydrogen) atoms. The van der Waals surface area contributed by atoms with E-state index >= 15 is 0 Å². The molecule has 0 bridgehead atoms. The lowest BCUT2D eigenvalue weighted by Crippen LogP contribution is -2.21. The van der Waals surface area contributed by atoms with Crippen molar-refractivity contribution in [3.05, 3.63) is 66.5 Å². The largest absolute Gasteiger partial charge is 0.494 e. The van der Waals surface area contributed by atoms with E-state index in [9.17, 15) is 9.59 Å². The Morgan fingerprint density at radius 3 is 2.45 bits per heavy atom. The van der Waals surface area contributed by atoms with Crippen molar-refractivity contribution in [2.75, 3.05) is 25.6 Å². The topological polar surface area (TPSA) is 91.7 Å². The molecule has 0 atom stereocenters. The number of carbonyl (C=O) groups is 2. The Morgan fingerprint density at radius 1 is 1.07 bits per heavy atom. The highest BCUT2D eigenvalue weighted by Crippen LogP contribution is 2.20. The number of anilines is 1. The van der Waals surface area contributed by atoms with E-state index in [1.165, 1.54) is 11.8 Å². The van der Waals surface area contributed by atoms with Crippen LogP contribution in [0.3, 0.4) is 0 Å². The molecule has 1 heterocycles. The molecule has 1 amide bonds. The van der Waals surface area contributed by atoms with Gasteiger partial charge in [-0.05, 0) is 43.3 Å². The van der Waals surface area contributed by atoms with Crippen molar-refractivity contribution in [1.29, 1.82) is 0 Å². The zero-order valence-electron chi connectivity index (χ0n) is 16.1. The van der Waals surface area contributed by atoms with Gasteiger partial charge >= 0.3 is 5.97 Å². The van der Waals surface area contributed by atoms with Gasteiger partial charge in [0.25, 0.3) is 5.91 Å². The van der Waals surface area contributed by atoms with Crippen LogP contribution >= 0.6 is 0 Å². The summed E-state index contributed by atoms with van der Waals surface area (Å²) in [6, 6.07) is 16.2. The van der Waals surface area contributed by atoms with Gasteiger partial charge in [0.1, 0.15) is 5.75 Å². The minimum absolute atomic E-state index is 0.00906. The van der Waals surface area contributed by atoms with Crippen LogP contribution in [0.4, 0.5) is 5.69 Å². The summed E-state index contributed by atoms with van der Waals surface area (Å²) in [6.45, 7) is 2.00. The molecule has 0 aliphatic rings. The number of hydrogen-bond donors (Lipinski definition) is 1. The lowest BCUT2D eigenvalue weighted by atomic mass is 10.3. The van der Waals surface area contributed by atoms with Gasteiger partial charge in [-0.2, -0.15) is 5.10 Å². The molecule has 0 unspecified atom stereocenters. The van der Waals surface area contributed by atoms with Crippen LogP contribution in [0.5, 0.6) is 11.5 Å². The summed E-state index contributed by atoms with van der Waals surface area (Å²) < 4.78 is 17.1. The first kappa shape index (κ1) is 19.9. The number of ether oxygens (including phenoxy) is 3. The summed E-state index contributed by atoms with van der Waals surface area (Å²) in [5.41, 5.74) is 1.32. The van der Waals surface area contributed by atoms with Crippen molar-refractivity contribution in [3.8, 4) is 17.2 Å². The van der Waals surface area contributed by atoms with E-state index in [2.05, 4.69) is 10.4 Å². The standard InChI is InChI=1S/C21H21N3O5/c1-3-28-17-11-9-15(10-12-17)22-19(25)14-29-21(26)20-18(27-2)13-24(23-20)16-7-5-4-6-8-16/h4-13H,3,14H2,1-2H3,(H,22,25). The zero-order valence-corrected chi connectivity index (χ0v) is 16.1. The molecule has 1 aromatic heterocycles. The summed E-state index contributed by atoms with van der Waals surface area (Å²) in [4.78, 5) is 24.4. The van der Waals surface area contributed by atoms with E-state index in [1.54, 1.807) is 30.5 Å². The maximum Gasteiger partial charge on any atom is 0.363 e. The van der Waals surface area contributed by atoms with Crippen LogP contribution in [0, 0.1) is 0 Å². The van der Waals surface area contributed by atoms with Gasteiger partial charge in [0.15, 0.2) is 12.4 Å². The molecule has 3 aromatic rings. The second-order valence-corrected chi connectivity index (χ2v) is 5.91. The van der Waals surface area contributed by atoms with Crippen LogP contribution in [-0.2, 0) is 9.53 Å². The summed E-state index contributed by atoms with van der Waals surface area (Å²) >= 11 is 0. The van der Waals surface area contributed by atoms with Crippen LogP contribution in [0.25, 0.3) is 5.69 Å². The highest BCUT2D eigenvalue weighted by Gasteiger charge is 2.21. The summed E-state index contributed by atoms with van der Waals surface area (Å²) in [5.74, 6) is -0.258. The molecule has 0 saturated carbocycles. The Morgan fingerprint density at radius 2 is 1.79 bits per heavy atom. The van der Waals surface area contributed by atoms with E-state index in [1.807, 2.05) is 37.3 Å². The fourth-order valence-corrected chi connectivity index (χ4v) is 2.56. The minimum Gasteiger partial charge on any atom is -0.494 e. The number of nitrogens with one attached hydrogen (secondary N) is 1. The molecule has 8 heteroatoms. The Bertz CT molecular complexity index is 968. The third-order valence-electron chi connectivity index (χ3n) is 3.90. The Kier molecular flexibility index (Phi) is 6.47. The molecule has 0 aliphatic heterocycles. The number of aromatic nitrogens is 2. The van der Waals surface area contributed by atoms with E-state index < -0.39 is 18.5 Å². The van der Waals surface area contributed by atoms with E-state index in [4.69, 9.17) is 14.2 Å². The minimum atomic E-state index is -0.752. The average molecular weight is 395 g/mol. The van der Waals surface area contributed by atoms with E-state index in [-0.39, 0.29) is 11.4 Å². The number of amides is 1. The lowest BCUT2D eigenvalue weighted by Gasteiger charge is -2.07. The van der Waals surface area contributed by atoms with Gasteiger partial charge in [-0.25, -0.2) is 9.48 Å². The van der Waals surface area contributed by atoms with Crippen molar-refractivity contribution < 1.29 is 23.8 Å². The van der Waals surface area contributed by atoms with Crippen molar-refractivity contribution in [3.63, 3.8) is 0 Å². The predicted octanol–water partition coefficient (Wildman–Crippen LogP) is 3.08. The van der Waals surface area contributed by atoms with Gasteiger partial charge < -0.3 is 19.5 Å². The smallest absolute Gasteiger partial charge is 0.363 e. The van der Waals surface area contributed by atoms with Crippen LogP contribution < -0.4 is 14.8 Å². The van der Waals surface area contributed by atoms with Crippen LogP contribution in [0.15, 0.2) is 60.8 Å². The summed E-state index contributed by atoms with van der Waals surface area (Å²) in [7, 11) is 1.43. The highest BCUT2D eigenvalue weighted by molar-refractivity contribution is 5.95. The summed E-state index contributed by atoms with van der Waals surface area (Å²) in [5, 5.41) is 6.86. The Balaban J connectivity index is 1.60. The molecule has 0 aliphatic carbocycles. The van der Waals surface area contributed by atoms with Crippen molar-refractivity contribution >= 4 is 17.6 Å². The Hall–Kier alpha value is -3.81. The summed E-state index contributed by atoms with van der Waals surface area (Å²) in [6.07, 6.45) is 1.58. The van der Waals surface area contributed by atoms with Gasteiger partial charge in [0.2, 0.25) is 5.69 Å². The third-order valence-corrected chi connectivity index (χ3v) is 3.90. The van der Waals surface area contributed by atoms with Crippen LogP contribution in [0.1, 0.15) is 17.4 Å². The number of nitrogens with zero attached hydrogens (tertiary/aromatic N) is 2. The fraction of sp³-hybridized carbons (Fsp3) is 0.190. The monoisotopic (exact) mass is 395 g/mol. The Labute approximate surface area is 168 Å². The molecule has 8 nitrogen and oxygen atoms in total. The number of rotatable bonds is 8. The van der Waals surface area contributed by atoms with Gasteiger partial charge in [-0.1, -0.05) is 18.2 Å². The number of benzene rings is 2. The van der Waals surface area contributed by atoms with Crippen LogP contribution in [-0.4, -0.2) is 42.0 Å². The first-order chi connectivity index (χ1) is 14.1. The highest BCUT2D eigenvalue weighted by atomic mass is 16.5. The molecular formula is C21H21N3O5. The first-order valence-electron chi connectivity index (χ1n) is 8.99. The fourth-order valence-electron chi connectivity index (χ4n) is 2.56.